The predicted molar refractivity (Wildman–Crippen MR) is 117 cm³/mol. The van der Waals surface area contributed by atoms with E-state index >= 15 is 0 Å². The number of halogens is 2. The number of hydrogen-bond donors (Lipinski definition) is 0. The van der Waals surface area contributed by atoms with Gasteiger partial charge in [-0.1, -0.05) is 34.5 Å². The second kappa shape index (κ2) is 9.69. The van der Waals surface area contributed by atoms with Crippen molar-refractivity contribution in [3.8, 4) is 11.5 Å². The van der Waals surface area contributed by atoms with Gasteiger partial charge in [-0.3, -0.25) is 4.79 Å². The highest BCUT2D eigenvalue weighted by molar-refractivity contribution is 7.98. The topological polar surface area (TPSA) is 52.8 Å². The van der Waals surface area contributed by atoms with Crippen LogP contribution < -0.4 is 14.3 Å². The van der Waals surface area contributed by atoms with Gasteiger partial charge in [-0.2, -0.15) is 16.8 Å². The van der Waals surface area contributed by atoms with Crippen LogP contribution in [0.15, 0.2) is 41.4 Å². The summed E-state index contributed by atoms with van der Waals surface area (Å²) in [4.78, 5) is 17.3. The number of thioether (sulfide) groups is 1. The number of aromatic nitrogens is 1. The number of amides is 1. The van der Waals surface area contributed by atoms with Crippen LogP contribution in [0, 0.1) is 0 Å². The van der Waals surface area contributed by atoms with Gasteiger partial charge in [-0.25, -0.2) is 0 Å². The molecule has 0 saturated carbocycles. The molecule has 3 rings (SSSR count). The third kappa shape index (κ3) is 5.03. The Balaban J connectivity index is 1.87. The first-order valence-electron chi connectivity index (χ1n) is 8.33. The van der Waals surface area contributed by atoms with Crippen LogP contribution in [-0.2, 0) is 11.3 Å². The molecule has 3 aromatic rings. The van der Waals surface area contributed by atoms with Crippen LogP contribution in [0.1, 0.15) is 0 Å². The average molecular weight is 457 g/mol. The molecule has 0 aliphatic rings. The molecule has 0 spiro atoms. The summed E-state index contributed by atoms with van der Waals surface area (Å²) in [5.41, 5.74) is 1.02. The molecule has 1 amide bonds. The Labute approximate surface area is 180 Å². The molecule has 2 aromatic carbocycles. The predicted octanol–water partition coefficient (Wildman–Crippen LogP) is 4.89. The number of carbonyl (C=O) groups excluding carboxylic acids is 1. The number of ether oxygens (including phenoxy) is 2. The smallest absolute Gasteiger partial charge is 0.286 e. The molecule has 0 fully saturated rings. The normalized spacial score (nSPS) is 11.8. The van der Waals surface area contributed by atoms with Gasteiger partial charge in [0.2, 0.25) is 0 Å². The van der Waals surface area contributed by atoms with E-state index in [9.17, 15) is 4.79 Å². The van der Waals surface area contributed by atoms with Gasteiger partial charge in [0.25, 0.3) is 5.91 Å². The summed E-state index contributed by atoms with van der Waals surface area (Å²) in [7, 11) is 1.63. The molecule has 0 N–H and O–H groups in total. The van der Waals surface area contributed by atoms with Crippen molar-refractivity contribution in [2.24, 2.45) is 4.99 Å². The molecule has 0 aliphatic carbocycles. The monoisotopic (exact) mass is 456 g/mol. The van der Waals surface area contributed by atoms with Gasteiger partial charge in [0.05, 0.1) is 22.3 Å². The van der Waals surface area contributed by atoms with E-state index in [-0.39, 0.29) is 12.5 Å². The lowest BCUT2D eigenvalue weighted by Gasteiger charge is -2.06. The minimum Gasteiger partial charge on any atom is -0.497 e. The lowest BCUT2D eigenvalue weighted by molar-refractivity contribution is -0.120. The molecule has 0 bridgehead atoms. The van der Waals surface area contributed by atoms with Gasteiger partial charge in [0.15, 0.2) is 11.4 Å². The molecule has 0 atom stereocenters. The van der Waals surface area contributed by atoms with Crippen LogP contribution in [0.4, 0.5) is 0 Å². The summed E-state index contributed by atoms with van der Waals surface area (Å²) in [6.45, 7) is 0.547. The highest BCUT2D eigenvalue weighted by Crippen LogP contribution is 2.27. The van der Waals surface area contributed by atoms with Gasteiger partial charge in [0.1, 0.15) is 11.5 Å². The van der Waals surface area contributed by atoms with E-state index in [2.05, 4.69) is 4.99 Å². The summed E-state index contributed by atoms with van der Waals surface area (Å²) in [6, 6.07) is 10.7. The molecule has 5 nitrogen and oxygen atoms in total. The highest BCUT2D eigenvalue weighted by atomic mass is 35.5. The van der Waals surface area contributed by atoms with Crippen LogP contribution in [0.3, 0.4) is 0 Å². The standard InChI is InChI=1S/C19H18Cl2N2O3S2/c1-25-13-4-5-15-17(10-13)28-19(23(15)7-8-27-2)22-18(24)11-26-16-6-3-12(20)9-14(16)21/h3-6,9-10H,7-8,11H2,1-2H3. The summed E-state index contributed by atoms with van der Waals surface area (Å²) in [5.74, 6) is 1.69. The first kappa shape index (κ1) is 21.0. The van der Waals surface area contributed by atoms with Crippen molar-refractivity contribution < 1.29 is 14.3 Å². The van der Waals surface area contributed by atoms with Crippen molar-refractivity contribution in [2.45, 2.75) is 6.54 Å². The van der Waals surface area contributed by atoms with E-state index in [4.69, 9.17) is 32.7 Å². The Kier molecular flexibility index (Phi) is 7.29. The van der Waals surface area contributed by atoms with Gasteiger partial charge in [0, 0.05) is 17.3 Å². The number of benzene rings is 2. The molecular formula is C19H18Cl2N2O3S2. The molecule has 148 valence electrons. The van der Waals surface area contributed by atoms with Crippen molar-refractivity contribution in [2.75, 3.05) is 25.7 Å². The van der Waals surface area contributed by atoms with Crippen molar-refractivity contribution in [3.63, 3.8) is 0 Å². The van der Waals surface area contributed by atoms with Crippen LogP contribution in [0.25, 0.3) is 10.2 Å². The molecule has 1 heterocycles. The fraction of sp³-hybridized carbons (Fsp3) is 0.263. The largest absolute Gasteiger partial charge is 0.497 e. The quantitative estimate of drug-likeness (QED) is 0.507. The third-order valence-electron chi connectivity index (χ3n) is 3.87. The molecule has 28 heavy (non-hydrogen) atoms. The highest BCUT2D eigenvalue weighted by Gasteiger charge is 2.10. The first-order valence-corrected chi connectivity index (χ1v) is 11.3. The van der Waals surface area contributed by atoms with E-state index < -0.39 is 0 Å². The fourth-order valence-corrected chi connectivity index (χ4v) is 4.47. The Morgan fingerprint density at radius 3 is 2.79 bits per heavy atom. The number of thiazole rings is 1. The molecule has 9 heteroatoms. The van der Waals surface area contributed by atoms with Crippen molar-refractivity contribution >= 4 is 62.4 Å². The fourth-order valence-electron chi connectivity index (χ4n) is 2.54. The van der Waals surface area contributed by atoms with Gasteiger partial charge >= 0.3 is 0 Å². The maximum atomic E-state index is 12.4. The number of aryl methyl sites for hydroxylation is 1. The van der Waals surface area contributed by atoms with E-state index in [0.29, 0.717) is 20.6 Å². The zero-order valence-corrected chi connectivity index (χ0v) is 18.4. The van der Waals surface area contributed by atoms with Crippen LogP contribution in [0.5, 0.6) is 11.5 Å². The van der Waals surface area contributed by atoms with Crippen LogP contribution in [-0.4, -0.2) is 36.2 Å². The lowest BCUT2D eigenvalue weighted by Crippen LogP contribution is -2.20. The summed E-state index contributed by atoms with van der Waals surface area (Å²) in [5, 5.41) is 0.855. The minimum absolute atomic E-state index is 0.207. The summed E-state index contributed by atoms with van der Waals surface area (Å²) < 4.78 is 13.8. The maximum Gasteiger partial charge on any atom is 0.286 e. The second-order valence-corrected chi connectivity index (χ2v) is 8.57. The van der Waals surface area contributed by atoms with Gasteiger partial charge in [-0.05, 0) is 42.7 Å². The molecular weight excluding hydrogens is 439 g/mol. The van der Waals surface area contributed by atoms with Crippen LogP contribution >= 0.6 is 46.3 Å². The first-order chi connectivity index (χ1) is 13.5. The Morgan fingerprint density at radius 1 is 1.25 bits per heavy atom. The number of hydrogen-bond acceptors (Lipinski definition) is 5. The summed E-state index contributed by atoms with van der Waals surface area (Å²) >= 11 is 15.1. The number of fused-ring (bicyclic) bond motifs is 1. The SMILES string of the molecule is COc1ccc2c(c1)sc(=NC(=O)COc1ccc(Cl)cc1Cl)n2CCSC. The second-order valence-electron chi connectivity index (χ2n) is 5.73. The Hall–Kier alpha value is -1.67. The minimum atomic E-state index is -0.387. The number of methoxy groups -OCH3 is 1. The Morgan fingerprint density at radius 2 is 2.07 bits per heavy atom. The Bertz CT molecular complexity index is 1060. The molecule has 1 aromatic heterocycles. The number of nitrogens with zero attached hydrogens (tertiary/aromatic N) is 2. The number of carbonyl (C=O) groups is 1. The van der Waals surface area contributed by atoms with E-state index in [0.717, 1.165) is 28.3 Å². The average Bonchev–Trinajstić information content (AvgIpc) is 3.01. The number of rotatable bonds is 7. The van der Waals surface area contributed by atoms with Crippen molar-refractivity contribution in [1.82, 2.24) is 4.57 Å². The van der Waals surface area contributed by atoms with Crippen molar-refractivity contribution in [1.29, 1.82) is 0 Å². The summed E-state index contributed by atoms with van der Waals surface area (Å²) in [6.07, 6.45) is 2.05. The van der Waals surface area contributed by atoms with Gasteiger partial charge in [-0.15, -0.1) is 0 Å². The van der Waals surface area contributed by atoms with E-state index in [1.165, 1.54) is 11.3 Å². The molecule has 0 unspecified atom stereocenters. The van der Waals surface area contributed by atoms with Gasteiger partial charge < -0.3 is 14.0 Å². The zero-order valence-electron chi connectivity index (χ0n) is 15.3. The van der Waals surface area contributed by atoms with Crippen molar-refractivity contribution in [3.05, 3.63) is 51.2 Å². The zero-order chi connectivity index (χ0) is 20.1. The molecule has 0 radical (unpaired) electrons. The van der Waals surface area contributed by atoms with E-state index in [1.807, 2.05) is 29.0 Å². The molecule has 0 aliphatic heterocycles. The third-order valence-corrected chi connectivity index (χ3v) is 6.04. The molecule has 0 saturated heterocycles. The van der Waals surface area contributed by atoms with E-state index in [1.54, 1.807) is 37.1 Å². The van der Waals surface area contributed by atoms with Crippen LogP contribution in [0.2, 0.25) is 10.0 Å². The maximum absolute atomic E-state index is 12.4. The lowest BCUT2D eigenvalue weighted by atomic mass is 10.3.